The van der Waals surface area contributed by atoms with Gasteiger partial charge in [-0.1, -0.05) is 44.0 Å². The molecule has 0 unspecified atom stereocenters. The quantitative estimate of drug-likeness (QED) is 0.719. The van der Waals surface area contributed by atoms with Crippen LogP contribution in [0, 0.1) is 6.92 Å². The monoisotopic (exact) mass is 354 g/mol. The van der Waals surface area contributed by atoms with Crippen LogP contribution in [0.25, 0.3) is 11.1 Å². The first-order valence-electron chi connectivity index (χ1n) is 5.22. The van der Waals surface area contributed by atoms with Crippen LogP contribution in [0.3, 0.4) is 0 Å². The van der Waals surface area contributed by atoms with E-state index in [4.69, 9.17) is 4.74 Å². The third kappa shape index (κ3) is 2.55. The summed E-state index contributed by atoms with van der Waals surface area (Å²) in [4.78, 5) is 0. The fraction of sp³-hybridized carbons (Fsp3) is 0.143. The molecular weight excluding hydrogens is 344 g/mol. The minimum Gasteiger partial charge on any atom is -0.496 e. The Hall–Kier alpha value is -0.800. The van der Waals surface area contributed by atoms with Gasteiger partial charge in [0.2, 0.25) is 0 Å². The van der Waals surface area contributed by atoms with E-state index in [1.165, 1.54) is 11.1 Å². The van der Waals surface area contributed by atoms with Crippen molar-refractivity contribution in [1.82, 2.24) is 0 Å². The number of ether oxygens (including phenoxy) is 1. The van der Waals surface area contributed by atoms with Crippen molar-refractivity contribution in [3.8, 4) is 16.9 Å². The van der Waals surface area contributed by atoms with Gasteiger partial charge in [-0.15, -0.1) is 0 Å². The van der Waals surface area contributed by atoms with Crippen LogP contribution in [0.2, 0.25) is 0 Å². The number of halogens is 2. The molecular formula is C14H12Br2O. The fourth-order valence-corrected chi connectivity index (χ4v) is 2.77. The van der Waals surface area contributed by atoms with Gasteiger partial charge in [-0.3, -0.25) is 0 Å². The Bertz CT molecular complexity index is 533. The largest absolute Gasteiger partial charge is 0.496 e. The molecule has 0 atom stereocenters. The van der Waals surface area contributed by atoms with Crippen LogP contribution in [0.1, 0.15) is 5.56 Å². The molecule has 0 aliphatic heterocycles. The van der Waals surface area contributed by atoms with E-state index in [1.54, 1.807) is 7.11 Å². The molecule has 0 saturated heterocycles. The molecule has 0 aromatic heterocycles. The third-order valence-electron chi connectivity index (χ3n) is 2.72. The molecule has 2 rings (SSSR count). The van der Waals surface area contributed by atoms with Crippen molar-refractivity contribution in [2.45, 2.75) is 6.92 Å². The van der Waals surface area contributed by atoms with Gasteiger partial charge in [0.15, 0.2) is 0 Å². The fourth-order valence-electron chi connectivity index (χ4n) is 1.85. The highest BCUT2D eigenvalue weighted by molar-refractivity contribution is 9.10. The molecule has 0 N–H and O–H groups in total. The number of benzene rings is 2. The van der Waals surface area contributed by atoms with Crippen LogP contribution in [0.4, 0.5) is 0 Å². The second kappa shape index (κ2) is 5.23. The van der Waals surface area contributed by atoms with E-state index in [-0.39, 0.29) is 0 Å². The Kier molecular flexibility index (Phi) is 3.89. The lowest BCUT2D eigenvalue weighted by Crippen LogP contribution is -1.91. The molecule has 0 saturated carbocycles. The molecule has 1 nitrogen and oxygen atoms in total. The molecule has 88 valence electrons. The topological polar surface area (TPSA) is 9.23 Å². The SMILES string of the molecule is COc1ccc(Br)c(-c2ccc(Br)cc2)c1C. The molecule has 3 heteroatoms. The molecule has 0 spiro atoms. The van der Waals surface area contributed by atoms with Crippen molar-refractivity contribution < 1.29 is 4.74 Å². The first kappa shape index (κ1) is 12.7. The van der Waals surface area contributed by atoms with Crippen molar-refractivity contribution >= 4 is 31.9 Å². The van der Waals surface area contributed by atoms with Gasteiger partial charge in [-0.2, -0.15) is 0 Å². The van der Waals surface area contributed by atoms with Crippen molar-refractivity contribution in [3.63, 3.8) is 0 Å². The first-order valence-corrected chi connectivity index (χ1v) is 6.81. The second-order valence-corrected chi connectivity index (χ2v) is 5.53. The summed E-state index contributed by atoms with van der Waals surface area (Å²) in [5.41, 5.74) is 3.50. The van der Waals surface area contributed by atoms with Crippen LogP contribution in [0.5, 0.6) is 5.75 Å². The molecule has 0 fully saturated rings. The Morgan fingerprint density at radius 3 is 2.18 bits per heavy atom. The van der Waals surface area contributed by atoms with Crippen LogP contribution in [-0.4, -0.2) is 7.11 Å². The highest BCUT2D eigenvalue weighted by Gasteiger charge is 2.10. The Labute approximate surface area is 118 Å². The summed E-state index contributed by atoms with van der Waals surface area (Å²) in [6.07, 6.45) is 0. The van der Waals surface area contributed by atoms with Gasteiger partial charge in [0.25, 0.3) is 0 Å². The van der Waals surface area contributed by atoms with Crippen LogP contribution in [0.15, 0.2) is 45.3 Å². The standard InChI is InChI=1S/C14H12Br2O/c1-9-13(17-2)8-7-12(16)14(9)10-3-5-11(15)6-4-10/h3-8H,1-2H3. The highest BCUT2D eigenvalue weighted by Crippen LogP contribution is 2.36. The summed E-state index contributed by atoms with van der Waals surface area (Å²) in [5, 5.41) is 0. The predicted molar refractivity (Wildman–Crippen MR) is 78.6 cm³/mol. The molecule has 2 aromatic carbocycles. The number of hydrogen-bond acceptors (Lipinski definition) is 1. The Morgan fingerprint density at radius 2 is 1.59 bits per heavy atom. The minimum absolute atomic E-state index is 0.908. The van der Waals surface area contributed by atoms with E-state index in [9.17, 15) is 0 Å². The summed E-state index contributed by atoms with van der Waals surface area (Å²) in [5.74, 6) is 0.908. The maximum absolute atomic E-state index is 5.36. The van der Waals surface area contributed by atoms with E-state index in [2.05, 4.69) is 50.9 Å². The van der Waals surface area contributed by atoms with E-state index >= 15 is 0 Å². The van der Waals surface area contributed by atoms with Crippen LogP contribution in [-0.2, 0) is 0 Å². The zero-order valence-electron chi connectivity index (χ0n) is 9.63. The minimum atomic E-state index is 0.908. The number of rotatable bonds is 2. The molecule has 2 aromatic rings. The second-order valence-electron chi connectivity index (χ2n) is 3.76. The average molecular weight is 356 g/mol. The smallest absolute Gasteiger partial charge is 0.122 e. The summed E-state index contributed by atoms with van der Waals surface area (Å²) in [6, 6.07) is 12.3. The summed E-state index contributed by atoms with van der Waals surface area (Å²) < 4.78 is 7.52. The zero-order chi connectivity index (χ0) is 12.4. The first-order chi connectivity index (χ1) is 8.13. The molecule has 0 heterocycles. The number of methoxy groups -OCH3 is 1. The van der Waals surface area contributed by atoms with Crippen molar-refractivity contribution in [2.75, 3.05) is 7.11 Å². The highest BCUT2D eigenvalue weighted by atomic mass is 79.9. The van der Waals surface area contributed by atoms with Crippen molar-refractivity contribution in [1.29, 1.82) is 0 Å². The molecule has 0 aliphatic carbocycles. The summed E-state index contributed by atoms with van der Waals surface area (Å²) in [7, 11) is 1.70. The average Bonchev–Trinajstić information content (AvgIpc) is 2.32. The van der Waals surface area contributed by atoms with E-state index in [1.807, 2.05) is 24.3 Å². The summed E-state index contributed by atoms with van der Waals surface area (Å²) >= 11 is 7.05. The van der Waals surface area contributed by atoms with E-state index in [0.717, 1.165) is 20.3 Å². The third-order valence-corrected chi connectivity index (χ3v) is 3.91. The predicted octanol–water partition coefficient (Wildman–Crippen LogP) is 5.20. The maximum Gasteiger partial charge on any atom is 0.122 e. The van der Waals surface area contributed by atoms with Gasteiger partial charge in [-0.05, 0) is 42.3 Å². The molecule has 17 heavy (non-hydrogen) atoms. The lowest BCUT2D eigenvalue weighted by Gasteiger charge is -2.12. The van der Waals surface area contributed by atoms with E-state index in [0.29, 0.717) is 0 Å². The zero-order valence-corrected chi connectivity index (χ0v) is 12.8. The van der Waals surface area contributed by atoms with Gasteiger partial charge in [0.1, 0.15) is 5.75 Å². The number of hydrogen-bond donors (Lipinski definition) is 0. The van der Waals surface area contributed by atoms with Gasteiger partial charge in [-0.25, -0.2) is 0 Å². The summed E-state index contributed by atoms with van der Waals surface area (Å²) in [6.45, 7) is 2.07. The lowest BCUT2D eigenvalue weighted by atomic mass is 10.00. The van der Waals surface area contributed by atoms with Gasteiger partial charge in [0.05, 0.1) is 7.11 Å². The lowest BCUT2D eigenvalue weighted by molar-refractivity contribution is 0.412. The van der Waals surface area contributed by atoms with Gasteiger partial charge < -0.3 is 4.74 Å². The molecule has 0 radical (unpaired) electrons. The van der Waals surface area contributed by atoms with Crippen LogP contribution < -0.4 is 4.74 Å². The van der Waals surface area contributed by atoms with Gasteiger partial charge in [0, 0.05) is 14.5 Å². The Balaban J connectivity index is 2.61. The van der Waals surface area contributed by atoms with Crippen molar-refractivity contribution in [2.24, 2.45) is 0 Å². The molecule has 0 aliphatic rings. The van der Waals surface area contributed by atoms with Crippen LogP contribution >= 0.6 is 31.9 Å². The van der Waals surface area contributed by atoms with Crippen molar-refractivity contribution in [3.05, 3.63) is 50.9 Å². The Morgan fingerprint density at radius 1 is 0.941 bits per heavy atom. The molecule has 0 amide bonds. The normalized spacial score (nSPS) is 10.4. The van der Waals surface area contributed by atoms with E-state index < -0.39 is 0 Å². The molecule has 0 bridgehead atoms. The van der Waals surface area contributed by atoms with Gasteiger partial charge >= 0.3 is 0 Å². The maximum atomic E-state index is 5.36.